The van der Waals surface area contributed by atoms with Crippen molar-refractivity contribution in [2.75, 3.05) is 32.7 Å². The quantitative estimate of drug-likeness (QED) is 0.812. The summed E-state index contributed by atoms with van der Waals surface area (Å²) in [5.41, 5.74) is 5.19. The molecule has 0 unspecified atom stereocenters. The lowest BCUT2D eigenvalue weighted by Gasteiger charge is -2.33. The van der Waals surface area contributed by atoms with Crippen LogP contribution in [0.4, 0.5) is 0 Å². The van der Waals surface area contributed by atoms with Crippen LogP contribution in [0, 0.1) is 18.3 Å². The van der Waals surface area contributed by atoms with Gasteiger partial charge < -0.3 is 0 Å². The van der Waals surface area contributed by atoms with Crippen LogP contribution >= 0.6 is 0 Å². The third-order valence-electron chi connectivity index (χ3n) is 4.50. The lowest BCUT2D eigenvalue weighted by molar-refractivity contribution is 0.138. The molecule has 1 heterocycles. The van der Waals surface area contributed by atoms with E-state index in [2.05, 4.69) is 71.3 Å². The van der Waals surface area contributed by atoms with E-state index in [4.69, 9.17) is 5.26 Å². The fourth-order valence-corrected chi connectivity index (χ4v) is 3.01. The first-order chi connectivity index (χ1) is 11.2. The molecule has 0 aromatic heterocycles. The molecule has 0 amide bonds. The Bertz CT molecular complexity index is 660. The van der Waals surface area contributed by atoms with Gasteiger partial charge in [-0.3, -0.25) is 9.80 Å². The number of rotatable bonds is 4. The molecule has 1 aliphatic rings. The zero-order valence-corrected chi connectivity index (χ0v) is 13.7. The average molecular weight is 305 g/mol. The van der Waals surface area contributed by atoms with Crippen LogP contribution in [0.15, 0.2) is 48.5 Å². The molecule has 0 aliphatic carbocycles. The maximum atomic E-state index is 8.75. The second-order valence-electron chi connectivity index (χ2n) is 6.27. The third-order valence-corrected chi connectivity index (χ3v) is 4.50. The highest BCUT2D eigenvalue weighted by Gasteiger charge is 2.16. The fourth-order valence-electron chi connectivity index (χ4n) is 3.01. The van der Waals surface area contributed by atoms with Gasteiger partial charge in [-0.15, -0.1) is 0 Å². The Morgan fingerprint density at radius 1 is 0.826 bits per heavy atom. The molecule has 2 aromatic carbocycles. The van der Waals surface area contributed by atoms with Crippen LogP contribution in [0.1, 0.15) is 11.1 Å². The van der Waals surface area contributed by atoms with Gasteiger partial charge in [0.05, 0.1) is 12.6 Å². The van der Waals surface area contributed by atoms with Crippen LogP contribution < -0.4 is 0 Å². The molecule has 0 bridgehead atoms. The standard InChI is InChI=1S/C20H23N3/c1-17-2-6-19(7-3-17)20-8-4-18(5-9-20)16-23-14-12-22(11-10-21)13-15-23/h2-9H,11-16H2,1H3. The highest BCUT2D eigenvalue weighted by atomic mass is 15.3. The molecular weight excluding hydrogens is 282 g/mol. The van der Waals surface area contributed by atoms with Crippen LogP contribution in [0.2, 0.25) is 0 Å². The van der Waals surface area contributed by atoms with Gasteiger partial charge in [0.25, 0.3) is 0 Å². The summed E-state index contributed by atoms with van der Waals surface area (Å²) in [6, 6.07) is 19.8. The van der Waals surface area contributed by atoms with E-state index in [1.54, 1.807) is 0 Å². The first-order valence-corrected chi connectivity index (χ1v) is 8.22. The fraction of sp³-hybridized carbons (Fsp3) is 0.350. The Kier molecular flexibility index (Phi) is 5.07. The number of nitrogens with zero attached hydrogens (tertiary/aromatic N) is 3. The molecule has 1 aliphatic heterocycles. The van der Waals surface area contributed by atoms with Gasteiger partial charge in [-0.25, -0.2) is 0 Å². The highest BCUT2D eigenvalue weighted by molar-refractivity contribution is 5.63. The van der Waals surface area contributed by atoms with Gasteiger partial charge in [-0.2, -0.15) is 5.26 Å². The number of nitriles is 1. The van der Waals surface area contributed by atoms with Crippen molar-refractivity contribution in [3.8, 4) is 17.2 Å². The minimum absolute atomic E-state index is 0.555. The number of hydrogen-bond acceptors (Lipinski definition) is 3. The SMILES string of the molecule is Cc1ccc(-c2ccc(CN3CCN(CC#N)CC3)cc2)cc1. The van der Waals surface area contributed by atoms with E-state index in [-0.39, 0.29) is 0 Å². The Morgan fingerprint density at radius 3 is 1.91 bits per heavy atom. The molecule has 0 saturated carbocycles. The molecule has 23 heavy (non-hydrogen) atoms. The molecule has 0 N–H and O–H groups in total. The van der Waals surface area contributed by atoms with E-state index in [1.807, 2.05) is 0 Å². The molecule has 3 rings (SSSR count). The van der Waals surface area contributed by atoms with Gasteiger partial charge >= 0.3 is 0 Å². The maximum Gasteiger partial charge on any atom is 0.0866 e. The summed E-state index contributed by atoms with van der Waals surface area (Å²) in [5.74, 6) is 0. The second-order valence-corrected chi connectivity index (χ2v) is 6.27. The van der Waals surface area contributed by atoms with Crippen LogP contribution in [0.5, 0.6) is 0 Å². The molecule has 2 aromatic rings. The summed E-state index contributed by atoms with van der Waals surface area (Å²) in [5, 5.41) is 8.75. The van der Waals surface area contributed by atoms with Gasteiger partial charge in [0.15, 0.2) is 0 Å². The Balaban J connectivity index is 1.58. The van der Waals surface area contributed by atoms with Crippen LogP contribution in [0.25, 0.3) is 11.1 Å². The van der Waals surface area contributed by atoms with E-state index in [9.17, 15) is 0 Å². The molecular formula is C20H23N3. The lowest BCUT2D eigenvalue weighted by Crippen LogP contribution is -2.45. The largest absolute Gasteiger partial charge is 0.297 e. The molecule has 3 nitrogen and oxygen atoms in total. The topological polar surface area (TPSA) is 30.3 Å². The molecule has 1 fully saturated rings. The Morgan fingerprint density at radius 2 is 1.35 bits per heavy atom. The monoisotopic (exact) mass is 305 g/mol. The van der Waals surface area contributed by atoms with Crippen molar-refractivity contribution in [2.24, 2.45) is 0 Å². The van der Waals surface area contributed by atoms with Crippen LogP contribution in [0.3, 0.4) is 0 Å². The predicted octanol–water partition coefficient (Wildman–Crippen LogP) is 3.30. The van der Waals surface area contributed by atoms with E-state index in [0.717, 1.165) is 32.7 Å². The number of piperazine rings is 1. The van der Waals surface area contributed by atoms with Crippen molar-refractivity contribution < 1.29 is 0 Å². The van der Waals surface area contributed by atoms with Crippen LogP contribution in [-0.2, 0) is 6.54 Å². The lowest BCUT2D eigenvalue weighted by atomic mass is 10.0. The van der Waals surface area contributed by atoms with E-state index < -0.39 is 0 Å². The Hall–Kier alpha value is -2.15. The van der Waals surface area contributed by atoms with Crippen molar-refractivity contribution in [3.05, 3.63) is 59.7 Å². The van der Waals surface area contributed by atoms with Crippen molar-refractivity contribution >= 4 is 0 Å². The summed E-state index contributed by atoms with van der Waals surface area (Å²) in [6.45, 7) is 7.74. The number of benzene rings is 2. The zero-order chi connectivity index (χ0) is 16.1. The van der Waals surface area contributed by atoms with E-state index in [0.29, 0.717) is 6.54 Å². The first kappa shape index (κ1) is 15.7. The van der Waals surface area contributed by atoms with Gasteiger partial charge in [0.1, 0.15) is 0 Å². The maximum absolute atomic E-state index is 8.75. The summed E-state index contributed by atoms with van der Waals surface area (Å²) >= 11 is 0. The van der Waals surface area contributed by atoms with Gasteiger partial charge in [0, 0.05) is 32.7 Å². The normalized spacial score (nSPS) is 16.2. The molecule has 118 valence electrons. The van der Waals surface area contributed by atoms with Gasteiger partial charge in [-0.05, 0) is 23.6 Å². The second kappa shape index (κ2) is 7.41. The van der Waals surface area contributed by atoms with Crippen LogP contribution in [-0.4, -0.2) is 42.5 Å². The summed E-state index contributed by atoms with van der Waals surface area (Å²) in [4.78, 5) is 4.69. The average Bonchev–Trinajstić information content (AvgIpc) is 2.58. The Labute approximate surface area is 138 Å². The molecule has 0 spiro atoms. The molecule has 3 heteroatoms. The van der Waals surface area contributed by atoms with Crippen molar-refractivity contribution in [1.29, 1.82) is 5.26 Å². The minimum Gasteiger partial charge on any atom is -0.297 e. The summed E-state index contributed by atoms with van der Waals surface area (Å²) in [7, 11) is 0. The molecule has 0 radical (unpaired) electrons. The summed E-state index contributed by atoms with van der Waals surface area (Å²) < 4.78 is 0. The third kappa shape index (κ3) is 4.19. The predicted molar refractivity (Wildman–Crippen MR) is 93.9 cm³/mol. The zero-order valence-electron chi connectivity index (χ0n) is 13.7. The minimum atomic E-state index is 0.555. The first-order valence-electron chi connectivity index (χ1n) is 8.22. The van der Waals surface area contributed by atoms with Crippen molar-refractivity contribution in [2.45, 2.75) is 13.5 Å². The van der Waals surface area contributed by atoms with Crippen molar-refractivity contribution in [3.63, 3.8) is 0 Å². The highest BCUT2D eigenvalue weighted by Crippen LogP contribution is 2.21. The molecule has 1 saturated heterocycles. The molecule has 0 atom stereocenters. The number of hydrogen-bond donors (Lipinski definition) is 0. The summed E-state index contributed by atoms with van der Waals surface area (Å²) in [6.07, 6.45) is 0. The van der Waals surface area contributed by atoms with E-state index >= 15 is 0 Å². The van der Waals surface area contributed by atoms with Gasteiger partial charge in [0.2, 0.25) is 0 Å². The number of aryl methyl sites for hydroxylation is 1. The van der Waals surface area contributed by atoms with E-state index in [1.165, 1.54) is 22.3 Å². The van der Waals surface area contributed by atoms with Crippen molar-refractivity contribution in [1.82, 2.24) is 9.80 Å². The smallest absolute Gasteiger partial charge is 0.0866 e. The van der Waals surface area contributed by atoms with Gasteiger partial charge in [-0.1, -0.05) is 54.1 Å².